The van der Waals surface area contributed by atoms with Gasteiger partial charge in [-0.3, -0.25) is 0 Å². The molecule has 0 aromatic carbocycles. The number of nitrogens with zero attached hydrogens (tertiary/aromatic N) is 3. The number of rotatable bonds is 2. The van der Waals surface area contributed by atoms with E-state index in [2.05, 4.69) is 14.9 Å². The van der Waals surface area contributed by atoms with Crippen molar-refractivity contribution in [3.8, 4) is 6.01 Å². The van der Waals surface area contributed by atoms with Crippen molar-refractivity contribution in [2.45, 2.75) is 18.9 Å². The lowest BCUT2D eigenvalue weighted by atomic mass is 10.1. The highest BCUT2D eigenvalue weighted by Gasteiger charge is 2.20. The molecule has 2 heterocycles. The summed E-state index contributed by atoms with van der Waals surface area (Å²) in [6, 6.07) is 1.08. The van der Waals surface area contributed by atoms with Gasteiger partial charge in [0.05, 0.1) is 0 Å². The summed E-state index contributed by atoms with van der Waals surface area (Å²) < 4.78 is 18.4. The number of ether oxygens (including phenoxy) is 1. The first kappa shape index (κ1) is 11.5. The second-order valence-electron chi connectivity index (χ2n) is 3.94. The number of likely N-dealkylation sites (N-methyl/N-ethyl adjacent to an activating group) is 1. The van der Waals surface area contributed by atoms with Crippen molar-refractivity contribution in [1.29, 1.82) is 0 Å². The topological polar surface area (TPSA) is 38.2 Å². The van der Waals surface area contributed by atoms with E-state index in [0.717, 1.165) is 32.0 Å². The van der Waals surface area contributed by atoms with E-state index in [-0.39, 0.29) is 17.3 Å². The molecule has 88 valence electrons. The van der Waals surface area contributed by atoms with Crippen LogP contribution >= 0.6 is 11.6 Å². The van der Waals surface area contributed by atoms with Crippen LogP contribution in [0.4, 0.5) is 4.39 Å². The van der Waals surface area contributed by atoms with Crippen molar-refractivity contribution in [2.75, 3.05) is 20.1 Å². The Morgan fingerprint density at radius 1 is 1.56 bits per heavy atom. The molecule has 1 aromatic rings. The van der Waals surface area contributed by atoms with Gasteiger partial charge in [0.15, 0.2) is 0 Å². The Morgan fingerprint density at radius 3 is 3.06 bits per heavy atom. The molecule has 0 aliphatic carbocycles. The molecule has 2 rings (SSSR count). The fraction of sp³-hybridized carbons (Fsp3) is 0.600. The minimum absolute atomic E-state index is 0.0108. The smallest absolute Gasteiger partial charge is 0.320 e. The molecule has 0 radical (unpaired) electrons. The summed E-state index contributed by atoms with van der Waals surface area (Å²) in [7, 11) is 2.02. The van der Waals surface area contributed by atoms with Gasteiger partial charge in [0.1, 0.15) is 11.3 Å². The Hall–Kier alpha value is -0.940. The SMILES string of the molecule is CN1CCCC(Oc2nc(F)cc(Cl)n2)C1. The number of halogens is 2. The summed E-state index contributed by atoms with van der Waals surface area (Å²) >= 11 is 5.61. The number of piperidine rings is 1. The summed E-state index contributed by atoms with van der Waals surface area (Å²) in [5.41, 5.74) is 0. The van der Waals surface area contributed by atoms with Crippen LogP contribution in [0.2, 0.25) is 5.15 Å². The first-order valence-electron chi connectivity index (χ1n) is 5.19. The van der Waals surface area contributed by atoms with Crippen LogP contribution in [0.3, 0.4) is 0 Å². The van der Waals surface area contributed by atoms with Gasteiger partial charge < -0.3 is 9.64 Å². The van der Waals surface area contributed by atoms with E-state index in [1.54, 1.807) is 0 Å². The average molecular weight is 246 g/mol. The number of aromatic nitrogens is 2. The molecule has 16 heavy (non-hydrogen) atoms. The van der Waals surface area contributed by atoms with Crippen molar-refractivity contribution in [2.24, 2.45) is 0 Å². The van der Waals surface area contributed by atoms with Gasteiger partial charge in [0.25, 0.3) is 0 Å². The average Bonchev–Trinajstić information content (AvgIpc) is 2.15. The maximum atomic E-state index is 12.9. The van der Waals surface area contributed by atoms with Crippen LogP contribution in [0.25, 0.3) is 0 Å². The molecule has 1 fully saturated rings. The fourth-order valence-electron chi connectivity index (χ4n) is 1.79. The van der Waals surface area contributed by atoms with Crippen molar-refractivity contribution < 1.29 is 9.13 Å². The molecule has 1 aliphatic rings. The number of likely N-dealkylation sites (tertiary alicyclic amines) is 1. The highest BCUT2D eigenvalue weighted by atomic mass is 35.5. The zero-order valence-corrected chi connectivity index (χ0v) is 9.74. The maximum absolute atomic E-state index is 12.9. The third-order valence-corrected chi connectivity index (χ3v) is 2.69. The third-order valence-electron chi connectivity index (χ3n) is 2.50. The molecule has 1 aromatic heterocycles. The van der Waals surface area contributed by atoms with Gasteiger partial charge in [0.2, 0.25) is 5.95 Å². The predicted molar refractivity (Wildman–Crippen MR) is 58.1 cm³/mol. The van der Waals surface area contributed by atoms with Crippen LogP contribution in [-0.2, 0) is 0 Å². The van der Waals surface area contributed by atoms with E-state index < -0.39 is 5.95 Å². The Kier molecular flexibility index (Phi) is 3.56. The van der Waals surface area contributed by atoms with Gasteiger partial charge in [-0.25, -0.2) is 0 Å². The minimum atomic E-state index is -0.667. The quantitative estimate of drug-likeness (QED) is 0.744. The van der Waals surface area contributed by atoms with E-state index in [0.29, 0.717) is 0 Å². The van der Waals surface area contributed by atoms with E-state index in [4.69, 9.17) is 16.3 Å². The van der Waals surface area contributed by atoms with Crippen LogP contribution in [-0.4, -0.2) is 41.1 Å². The normalized spacial score (nSPS) is 22.1. The Bertz CT molecular complexity index is 357. The van der Waals surface area contributed by atoms with Crippen molar-refractivity contribution in [3.63, 3.8) is 0 Å². The summed E-state index contributed by atoms with van der Waals surface area (Å²) in [5.74, 6) is -0.667. The van der Waals surface area contributed by atoms with Gasteiger partial charge in [-0.1, -0.05) is 11.6 Å². The fourth-order valence-corrected chi connectivity index (χ4v) is 1.95. The highest BCUT2D eigenvalue weighted by Crippen LogP contribution is 2.16. The van der Waals surface area contributed by atoms with E-state index in [1.807, 2.05) is 7.05 Å². The van der Waals surface area contributed by atoms with Crippen LogP contribution in [0, 0.1) is 5.95 Å². The molecule has 1 aliphatic heterocycles. The lowest BCUT2D eigenvalue weighted by molar-refractivity contribution is 0.0945. The molecule has 0 N–H and O–H groups in total. The van der Waals surface area contributed by atoms with Crippen LogP contribution in [0.15, 0.2) is 6.07 Å². The third kappa shape index (κ3) is 3.02. The van der Waals surface area contributed by atoms with Crippen LogP contribution in [0.5, 0.6) is 6.01 Å². The molecule has 1 saturated heterocycles. The zero-order valence-electron chi connectivity index (χ0n) is 8.99. The first-order valence-corrected chi connectivity index (χ1v) is 5.56. The first-order chi connectivity index (χ1) is 7.63. The summed E-state index contributed by atoms with van der Waals surface area (Å²) in [5, 5.41) is 0.0617. The van der Waals surface area contributed by atoms with E-state index in [9.17, 15) is 4.39 Å². The largest absolute Gasteiger partial charge is 0.459 e. The van der Waals surface area contributed by atoms with Crippen molar-refractivity contribution in [1.82, 2.24) is 14.9 Å². The molecular formula is C10H13ClFN3O. The second kappa shape index (κ2) is 4.93. The summed E-state index contributed by atoms with van der Waals surface area (Å²) in [6.45, 7) is 1.86. The summed E-state index contributed by atoms with van der Waals surface area (Å²) in [6.07, 6.45) is 2.00. The van der Waals surface area contributed by atoms with E-state index in [1.165, 1.54) is 0 Å². The maximum Gasteiger partial charge on any atom is 0.320 e. The lowest BCUT2D eigenvalue weighted by Gasteiger charge is -2.29. The molecule has 0 amide bonds. The molecule has 4 nitrogen and oxygen atoms in total. The Morgan fingerprint density at radius 2 is 2.38 bits per heavy atom. The molecule has 6 heteroatoms. The van der Waals surface area contributed by atoms with Crippen molar-refractivity contribution >= 4 is 11.6 Å². The molecule has 0 bridgehead atoms. The molecular weight excluding hydrogens is 233 g/mol. The molecule has 1 atom stereocenters. The monoisotopic (exact) mass is 245 g/mol. The van der Waals surface area contributed by atoms with Crippen LogP contribution < -0.4 is 4.74 Å². The minimum Gasteiger partial charge on any atom is -0.459 e. The lowest BCUT2D eigenvalue weighted by Crippen LogP contribution is -2.38. The second-order valence-corrected chi connectivity index (χ2v) is 4.33. The Balaban J connectivity index is 2.02. The van der Waals surface area contributed by atoms with Gasteiger partial charge in [0, 0.05) is 12.6 Å². The summed E-state index contributed by atoms with van der Waals surface area (Å²) in [4.78, 5) is 9.54. The van der Waals surface area contributed by atoms with Crippen molar-refractivity contribution in [3.05, 3.63) is 17.2 Å². The van der Waals surface area contributed by atoms with Gasteiger partial charge in [-0.15, -0.1) is 0 Å². The predicted octanol–water partition coefficient (Wildman–Crippen LogP) is 1.74. The zero-order chi connectivity index (χ0) is 11.5. The van der Waals surface area contributed by atoms with Gasteiger partial charge in [-0.2, -0.15) is 14.4 Å². The number of hydrogen-bond acceptors (Lipinski definition) is 4. The highest BCUT2D eigenvalue weighted by molar-refractivity contribution is 6.29. The number of hydrogen-bond donors (Lipinski definition) is 0. The molecule has 0 spiro atoms. The van der Waals surface area contributed by atoms with E-state index >= 15 is 0 Å². The molecule has 0 saturated carbocycles. The Labute approximate surface area is 98.4 Å². The van der Waals surface area contributed by atoms with Gasteiger partial charge in [-0.05, 0) is 26.4 Å². The van der Waals surface area contributed by atoms with Gasteiger partial charge >= 0.3 is 6.01 Å². The molecule has 1 unspecified atom stereocenters. The van der Waals surface area contributed by atoms with Crippen LogP contribution in [0.1, 0.15) is 12.8 Å². The standard InChI is InChI=1S/C10H13ClFN3O/c1-15-4-2-3-7(6-15)16-10-13-8(11)5-9(12)14-10/h5,7H,2-4,6H2,1H3.